The second kappa shape index (κ2) is 10.7. The molecule has 1 saturated carbocycles. The molecule has 26 heavy (non-hydrogen) atoms. The highest BCUT2D eigenvalue weighted by atomic mass is 32.2. The van der Waals surface area contributed by atoms with Crippen molar-refractivity contribution in [1.29, 1.82) is 0 Å². The summed E-state index contributed by atoms with van der Waals surface area (Å²) in [5.41, 5.74) is 0. The third-order valence-electron chi connectivity index (χ3n) is 6.09. The zero-order valence-electron chi connectivity index (χ0n) is 16.2. The summed E-state index contributed by atoms with van der Waals surface area (Å²) in [6, 6.07) is 0. The summed E-state index contributed by atoms with van der Waals surface area (Å²) in [6.45, 7) is 4.26. The van der Waals surface area contributed by atoms with E-state index < -0.39 is 12.1 Å². The molecular formula is C21H36O4S. The number of aliphatic hydroxyl groups excluding tert-OH is 2. The lowest BCUT2D eigenvalue weighted by Crippen LogP contribution is -2.20. The van der Waals surface area contributed by atoms with Gasteiger partial charge in [-0.15, -0.1) is 0 Å². The lowest BCUT2D eigenvalue weighted by atomic mass is 9.88. The third-order valence-corrected chi connectivity index (χ3v) is 7.79. The number of carboxylic acids is 1. The number of carbonyl (C=O) groups is 1. The van der Waals surface area contributed by atoms with E-state index in [2.05, 4.69) is 19.9 Å². The first kappa shape index (κ1) is 21.8. The number of fused-ring (bicyclic) bond motifs is 1. The number of carboxylic acid groups (broad SMARTS) is 1. The minimum atomic E-state index is -0.707. The summed E-state index contributed by atoms with van der Waals surface area (Å²) in [4.78, 5) is 10.6. The predicted molar refractivity (Wildman–Crippen MR) is 107 cm³/mol. The van der Waals surface area contributed by atoms with Gasteiger partial charge in [-0.05, 0) is 43.9 Å². The monoisotopic (exact) mass is 384 g/mol. The lowest BCUT2D eigenvalue weighted by molar-refractivity contribution is -0.137. The van der Waals surface area contributed by atoms with Gasteiger partial charge in [-0.1, -0.05) is 45.3 Å². The van der Waals surface area contributed by atoms with Crippen LogP contribution in [-0.2, 0) is 4.79 Å². The number of aliphatic carboxylic acids is 1. The van der Waals surface area contributed by atoms with Crippen LogP contribution in [0, 0.1) is 17.8 Å². The van der Waals surface area contributed by atoms with Crippen molar-refractivity contribution >= 4 is 17.7 Å². The third kappa shape index (κ3) is 6.28. The molecule has 0 aromatic rings. The number of thioether (sulfide) groups is 1. The van der Waals surface area contributed by atoms with E-state index >= 15 is 0 Å². The first-order valence-corrected chi connectivity index (χ1v) is 11.3. The fraction of sp³-hybridized carbons (Fsp3) is 0.857. The Kier molecular flexibility index (Phi) is 8.98. The average molecular weight is 385 g/mol. The quantitative estimate of drug-likeness (QED) is 0.367. The van der Waals surface area contributed by atoms with Gasteiger partial charge in [-0.3, -0.25) is 4.79 Å². The van der Waals surface area contributed by atoms with Gasteiger partial charge in [-0.2, -0.15) is 11.8 Å². The maximum Gasteiger partial charge on any atom is 0.303 e. The van der Waals surface area contributed by atoms with Crippen LogP contribution in [0.3, 0.4) is 0 Å². The van der Waals surface area contributed by atoms with Gasteiger partial charge in [0.05, 0.1) is 12.2 Å². The molecule has 3 N–H and O–H groups in total. The molecule has 4 nitrogen and oxygen atoms in total. The van der Waals surface area contributed by atoms with Gasteiger partial charge in [0.1, 0.15) is 0 Å². The van der Waals surface area contributed by atoms with Crippen LogP contribution in [0.25, 0.3) is 0 Å². The molecule has 150 valence electrons. The molecule has 2 fully saturated rings. The van der Waals surface area contributed by atoms with Crippen LogP contribution >= 0.6 is 11.8 Å². The highest BCUT2D eigenvalue weighted by Gasteiger charge is 2.47. The number of hydrogen-bond acceptors (Lipinski definition) is 4. The molecule has 5 heteroatoms. The normalized spacial score (nSPS) is 33.5. The van der Waals surface area contributed by atoms with Gasteiger partial charge >= 0.3 is 5.97 Å². The van der Waals surface area contributed by atoms with Crippen molar-refractivity contribution in [2.75, 3.05) is 0 Å². The topological polar surface area (TPSA) is 77.8 Å². The van der Waals surface area contributed by atoms with E-state index in [0.717, 1.165) is 51.4 Å². The van der Waals surface area contributed by atoms with Crippen molar-refractivity contribution in [1.82, 2.24) is 0 Å². The molecule has 0 spiro atoms. The summed E-state index contributed by atoms with van der Waals surface area (Å²) in [5, 5.41) is 30.6. The summed E-state index contributed by atoms with van der Waals surface area (Å²) in [7, 11) is 0. The van der Waals surface area contributed by atoms with E-state index in [9.17, 15) is 15.0 Å². The fourth-order valence-corrected chi connectivity index (χ4v) is 6.34. The predicted octanol–water partition coefficient (Wildman–Crippen LogP) is 4.25. The Bertz CT molecular complexity index is 467. The molecular weight excluding hydrogens is 348 g/mol. The summed E-state index contributed by atoms with van der Waals surface area (Å²) in [6.07, 6.45) is 11.6. The van der Waals surface area contributed by atoms with Crippen LogP contribution < -0.4 is 0 Å². The standard InChI is InChI=1S/C21H36O4S/c1-3-4-7-14(2)18(22)11-10-16-17-12-15(8-5-6-9-21(24)25)26-20(17)13-19(16)23/h10-11,14-20,22-23H,3-9,12-13H2,1-2H3,(H,24,25)/b11-10+/t14-,15?,16+,17+,18+,19+,20+/m0/s1. The second-order valence-electron chi connectivity index (χ2n) is 8.21. The molecule has 1 saturated heterocycles. The summed E-state index contributed by atoms with van der Waals surface area (Å²) >= 11 is 2.00. The van der Waals surface area contributed by atoms with Crippen molar-refractivity contribution in [3.63, 3.8) is 0 Å². The Hall–Kier alpha value is -0.520. The van der Waals surface area contributed by atoms with Crippen molar-refractivity contribution in [2.24, 2.45) is 17.8 Å². The maximum atomic E-state index is 10.6. The summed E-state index contributed by atoms with van der Waals surface area (Å²) in [5.74, 6) is 0.208. The van der Waals surface area contributed by atoms with Gasteiger partial charge in [0.2, 0.25) is 0 Å². The highest BCUT2D eigenvalue weighted by Crippen LogP contribution is 2.52. The minimum absolute atomic E-state index is 0.157. The van der Waals surface area contributed by atoms with Crippen LogP contribution in [0.1, 0.15) is 71.6 Å². The molecule has 1 aliphatic heterocycles. The Morgan fingerprint density at radius 1 is 1.27 bits per heavy atom. The van der Waals surface area contributed by atoms with Gasteiger partial charge in [0.15, 0.2) is 0 Å². The second-order valence-corrected chi connectivity index (χ2v) is 9.76. The fourth-order valence-electron chi connectivity index (χ4n) is 4.41. The van der Waals surface area contributed by atoms with Crippen LogP contribution in [0.4, 0.5) is 0 Å². The molecule has 7 atom stereocenters. The Balaban J connectivity index is 1.80. The van der Waals surface area contributed by atoms with Gasteiger partial charge < -0.3 is 15.3 Å². The van der Waals surface area contributed by atoms with E-state index in [0.29, 0.717) is 16.4 Å². The largest absolute Gasteiger partial charge is 0.481 e. The van der Waals surface area contributed by atoms with Crippen LogP contribution in [-0.4, -0.2) is 44.0 Å². The minimum Gasteiger partial charge on any atom is -0.481 e. The molecule has 1 heterocycles. The SMILES string of the molecule is CCCC[C@H](C)[C@H](O)/C=C/[C@@H]1[C@H]2CC(CCCCC(=O)O)S[C@@H]2C[C@H]1O. The Morgan fingerprint density at radius 2 is 2.04 bits per heavy atom. The number of hydrogen-bond donors (Lipinski definition) is 3. The zero-order valence-corrected chi connectivity index (χ0v) is 17.0. The van der Waals surface area contributed by atoms with Crippen LogP contribution in [0.5, 0.6) is 0 Å². The van der Waals surface area contributed by atoms with E-state index in [4.69, 9.17) is 5.11 Å². The average Bonchev–Trinajstić information content (AvgIpc) is 3.10. The first-order chi connectivity index (χ1) is 12.4. The molecule has 1 aliphatic carbocycles. The zero-order chi connectivity index (χ0) is 19.1. The number of unbranched alkanes of at least 4 members (excludes halogenated alkanes) is 2. The Labute approximate surface area is 162 Å². The van der Waals surface area contributed by atoms with Crippen molar-refractivity contribution in [3.05, 3.63) is 12.2 Å². The highest BCUT2D eigenvalue weighted by molar-refractivity contribution is 8.00. The lowest BCUT2D eigenvalue weighted by Gasteiger charge is -2.20. The van der Waals surface area contributed by atoms with Crippen molar-refractivity contribution < 1.29 is 20.1 Å². The van der Waals surface area contributed by atoms with Gasteiger partial charge in [0.25, 0.3) is 0 Å². The van der Waals surface area contributed by atoms with Crippen LogP contribution in [0.2, 0.25) is 0 Å². The molecule has 1 unspecified atom stereocenters. The molecule has 0 aromatic carbocycles. The Morgan fingerprint density at radius 3 is 2.73 bits per heavy atom. The first-order valence-electron chi connectivity index (χ1n) is 10.3. The molecule has 0 bridgehead atoms. The molecule has 2 rings (SSSR count). The van der Waals surface area contributed by atoms with E-state index in [1.807, 2.05) is 17.8 Å². The molecule has 2 aliphatic rings. The van der Waals surface area contributed by atoms with Crippen molar-refractivity contribution in [2.45, 2.75) is 94.3 Å². The van der Waals surface area contributed by atoms with Crippen LogP contribution in [0.15, 0.2) is 12.2 Å². The number of rotatable bonds is 11. The molecule has 0 radical (unpaired) electrons. The van der Waals surface area contributed by atoms with Gasteiger partial charge in [-0.25, -0.2) is 0 Å². The summed E-state index contributed by atoms with van der Waals surface area (Å²) < 4.78 is 0. The van der Waals surface area contributed by atoms with E-state index in [-0.39, 0.29) is 24.4 Å². The van der Waals surface area contributed by atoms with Gasteiger partial charge in [0, 0.05) is 22.8 Å². The van der Waals surface area contributed by atoms with E-state index in [1.54, 1.807) is 0 Å². The molecule has 0 aromatic heterocycles. The smallest absolute Gasteiger partial charge is 0.303 e. The van der Waals surface area contributed by atoms with E-state index in [1.165, 1.54) is 0 Å². The number of aliphatic hydroxyl groups is 2. The maximum absolute atomic E-state index is 10.6. The molecule has 0 amide bonds. The van der Waals surface area contributed by atoms with Crippen molar-refractivity contribution in [3.8, 4) is 0 Å².